The molecule has 2 N–H and O–H groups in total. The molecule has 0 saturated heterocycles. The van der Waals surface area contributed by atoms with E-state index in [1.807, 2.05) is 0 Å². The number of aliphatic hydroxyl groups excluding tert-OH is 1. The maximum Gasteiger partial charge on any atom is 0.254 e. The Morgan fingerprint density at radius 1 is 1.50 bits per heavy atom. The smallest absolute Gasteiger partial charge is 0.254 e. The number of carbonyl (C=O) groups is 1. The van der Waals surface area contributed by atoms with Crippen molar-refractivity contribution in [1.82, 2.24) is 9.88 Å². The molecule has 1 heterocycles. The molecule has 0 unspecified atom stereocenters. The van der Waals surface area contributed by atoms with Crippen molar-refractivity contribution < 1.29 is 9.90 Å². The van der Waals surface area contributed by atoms with Gasteiger partial charge in [-0.05, 0) is 18.6 Å². The molecule has 5 nitrogen and oxygen atoms in total. The number of carbonyl (C=O) groups excluding carboxylic acids is 1. The maximum atomic E-state index is 11.5. The van der Waals surface area contributed by atoms with Crippen LogP contribution in [0.5, 0.6) is 0 Å². The predicted molar refractivity (Wildman–Crippen MR) is 62.4 cm³/mol. The molecule has 0 aliphatic rings. The highest BCUT2D eigenvalue weighted by atomic mass is 16.3. The molecule has 88 valence electrons. The van der Waals surface area contributed by atoms with Gasteiger partial charge in [-0.1, -0.05) is 0 Å². The average molecular weight is 223 g/mol. The van der Waals surface area contributed by atoms with Crippen LogP contribution in [-0.2, 0) is 0 Å². The molecule has 0 aliphatic carbocycles. The summed E-state index contributed by atoms with van der Waals surface area (Å²) >= 11 is 0. The number of anilines is 1. The SMILES string of the molecule is CN(C)C(=O)c1ccc(NCCCO)nc1. The van der Waals surface area contributed by atoms with Crippen LogP contribution in [0.3, 0.4) is 0 Å². The van der Waals surface area contributed by atoms with Crippen molar-refractivity contribution in [2.45, 2.75) is 6.42 Å². The summed E-state index contributed by atoms with van der Waals surface area (Å²) in [5, 5.41) is 11.7. The predicted octanol–water partition coefficient (Wildman–Crippen LogP) is 0.578. The fourth-order valence-electron chi connectivity index (χ4n) is 1.18. The normalized spacial score (nSPS) is 9.94. The highest BCUT2D eigenvalue weighted by molar-refractivity contribution is 5.93. The zero-order valence-electron chi connectivity index (χ0n) is 9.60. The Morgan fingerprint density at radius 2 is 2.25 bits per heavy atom. The molecular formula is C11H17N3O2. The molecule has 1 rings (SSSR count). The summed E-state index contributed by atoms with van der Waals surface area (Å²) in [6.45, 7) is 0.828. The lowest BCUT2D eigenvalue weighted by Gasteiger charge is -2.10. The second kappa shape index (κ2) is 6.07. The zero-order chi connectivity index (χ0) is 12.0. The third-order valence-electron chi connectivity index (χ3n) is 2.06. The molecule has 0 radical (unpaired) electrons. The second-order valence-corrected chi connectivity index (χ2v) is 3.64. The first-order valence-electron chi connectivity index (χ1n) is 5.17. The Kier molecular flexibility index (Phi) is 4.72. The van der Waals surface area contributed by atoms with Crippen LogP contribution >= 0.6 is 0 Å². The number of aliphatic hydroxyl groups is 1. The van der Waals surface area contributed by atoms with Gasteiger partial charge < -0.3 is 15.3 Å². The lowest BCUT2D eigenvalue weighted by Crippen LogP contribution is -2.21. The summed E-state index contributed by atoms with van der Waals surface area (Å²) in [5.41, 5.74) is 0.567. The first kappa shape index (κ1) is 12.4. The molecule has 16 heavy (non-hydrogen) atoms. The minimum Gasteiger partial charge on any atom is -0.396 e. The number of aromatic nitrogens is 1. The molecule has 1 aromatic heterocycles. The Hall–Kier alpha value is -1.62. The van der Waals surface area contributed by atoms with Gasteiger partial charge in [-0.15, -0.1) is 0 Å². The van der Waals surface area contributed by atoms with E-state index in [4.69, 9.17) is 5.11 Å². The van der Waals surface area contributed by atoms with Gasteiger partial charge in [0.25, 0.3) is 5.91 Å². The summed E-state index contributed by atoms with van der Waals surface area (Å²) in [4.78, 5) is 17.2. The Morgan fingerprint density at radius 3 is 2.75 bits per heavy atom. The quantitative estimate of drug-likeness (QED) is 0.717. The molecule has 0 aromatic carbocycles. The molecule has 0 fully saturated rings. The van der Waals surface area contributed by atoms with Gasteiger partial charge in [-0.3, -0.25) is 4.79 Å². The molecule has 0 spiro atoms. The highest BCUT2D eigenvalue weighted by Gasteiger charge is 2.07. The summed E-state index contributed by atoms with van der Waals surface area (Å²) in [6.07, 6.45) is 2.23. The molecule has 0 atom stereocenters. The van der Waals surface area contributed by atoms with E-state index in [0.29, 0.717) is 24.3 Å². The van der Waals surface area contributed by atoms with Gasteiger partial charge in [0.1, 0.15) is 5.82 Å². The lowest BCUT2D eigenvalue weighted by atomic mass is 10.2. The van der Waals surface area contributed by atoms with Crippen molar-refractivity contribution in [2.24, 2.45) is 0 Å². The van der Waals surface area contributed by atoms with E-state index in [9.17, 15) is 4.79 Å². The Bertz CT molecular complexity index is 336. The molecule has 5 heteroatoms. The largest absolute Gasteiger partial charge is 0.396 e. The third-order valence-corrected chi connectivity index (χ3v) is 2.06. The number of hydrogen-bond acceptors (Lipinski definition) is 4. The van der Waals surface area contributed by atoms with E-state index in [0.717, 1.165) is 0 Å². The molecule has 1 amide bonds. The van der Waals surface area contributed by atoms with Gasteiger partial charge in [-0.2, -0.15) is 0 Å². The van der Waals surface area contributed by atoms with Gasteiger partial charge in [-0.25, -0.2) is 4.98 Å². The van der Waals surface area contributed by atoms with E-state index in [-0.39, 0.29) is 12.5 Å². The maximum absolute atomic E-state index is 11.5. The standard InChI is InChI=1S/C11H17N3O2/c1-14(2)11(16)9-4-5-10(13-8-9)12-6-3-7-15/h4-5,8,15H,3,6-7H2,1-2H3,(H,12,13). The van der Waals surface area contributed by atoms with Gasteiger partial charge in [0, 0.05) is 33.4 Å². The third kappa shape index (κ3) is 3.51. The molecule has 0 bridgehead atoms. The number of amides is 1. The van der Waals surface area contributed by atoms with Crippen LogP contribution < -0.4 is 5.32 Å². The molecular weight excluding hydrogens is 206 g/mol. The van der Waals surface area contributed by atoms with Gasteiger partial charge in [0.2, 0.25) is 0 Å². The molecule has 0 aliphatic heterocycles. The first-order chi connectivity index (χ1) is 7.65. The van der Waals surface area contributed by atoms with Crippen LogP contribution in [0.25, 0.3) is 0 Å². The highest BCUT2D eigenvalue weighted by Crippen LogP contribution is 2.06. The van der Waals surface area contributed by atoms with E-state index in [1.54, 1.807) is 32.4 Å². The number of rotatable bonds is 5. The second-order valence-electron chi connectivity index (χ2n) is 3.64. The summed E-state index contributed by atoms with van der Waals surface area (Å²) in [5.74, 6) is 0.651. The van der Waals surface area contributed by atoms with E-state index in [2.05, 4.69) is 10.3 Å². The average Bonchev–Trinajstić information content (AvgIpc) is 2.29. The van der Waals surface area contributed by atoms with Crippen LogP contribution in [0, 0.1) is 0 Å². The minimum atomic E-state index is -0.0607. The summed E-state index contributed by atoms with van der Waals surface area (Å²) < 4.78 is 0. The van der Waals surface area contributed by atoms with Crippen molar-refractivity contribution >= 4 is 11.7 Å². The van der Waals surface area contributed by atoms with Crippen molar-refractivity contribution in [1.29, 1.82) is 0 Å². The van der Waals surface area contributed by atoms with Crippen molar-refractivity contribution in [3.8, 4) is 0 Å². The van der Waals surface area contributed by atoms with E-state index >= 15 is 0 Å². The molecule has 1 aromatic rings. The summed E-state index contributed by atoms with van der Waals surface area (Å²) in [7, 11) is 3.41. The van der Waals surface area contributed by atoms with Crippen molar-refractivity contribution in [3.05, 3.63) is 23.9 Å². The van der Waals surface area contributed by atoms with Crippen LogP contribution in [0.15, 0.2) is 18.3 Å². The van der Waals surface area contributed by atoms with Crippen LogP contribution in [-0.4, -0.2) is 48.1 Å². The first-order valence-corrected chi connectivity index (χ1v) is 5.17. The monoisotopic (exact) mass is 223 g/mol. The Labute approximate surface area is 95.1 Å². The Balaban J connectivity index is 2.57. The van der Waals surface area contributed by atoms with Crippen LogP contribution in [0.1, 0.15) is 16.8 Å². The van der Waals surface area contributed by atoms with Crippen molar-refractivity contribution in [3.63, 3.8) is 0 Å². The van der Waals surface area contributed by atoms with Crippen LogP contribution in [0.2, 0.25) is 0 Å². The van der Waals surface area contributed by atoms with Gasteiger partial charge in [0.05, 0.1) is 5.56 Å². The molecule has 0 saturated carbocycles. The topological polar surface area (TPSA) is 65.5 Å². The number of pyridine rings is 1. The number of hydrogen-bond donors (Lipinski definition) is 2. The van der Waals surface area contributed by atoms with Crippen LogP contribution in [0.4, 0.5) is 5.82 Å². The van der Waals surface area contributed by atoms with Gasteiger partial charge in [0.15, 0.2) is 0 Å². The summed E-state index contributed by atoms with van der Waals surface area (Å²) in [6, 6.07) is 3.49. The van der Waals surface area contributed by atoms with Gasteiger partial charge >= 0.3 is 0 Å². The lowest BCUT2D eigenvalue weighted by molar-refractivity contribution is 0.0827. The number of nitrogens with one attached hydrogen (secondary N) is 1. The van der Waals surface area contributed by atoms with Crippen molar-refractivity contribution in [2.75, 3.05) is 32.6 Å². The fraction of sp³-hybridized carbons (Fsp3) is 0.455. The number of nitrogens with zero attached hydrogens (tertiary/aromatic N) is 2. The zero-order valence-corrected chi connectivity index (χ0v) is 9.60. The fourth-order valence-corrected chi connectivity index (χ4v) is 1.18. The minimum absolute atomic E-state index is 0.0607. The van der Waals surface area contributed by atoms with E-state index in [1.165, 1.54) is 4.90 Å². The van der Waals surface area contributed by atoms with E-state index < -0.39 is 0 Å².